The predicted octanol–water partition coefficient (Wildman–Crippen LogP) is 5.32. The first-order chi connectivity index (χ1) is 29.2. The topological polar surface area (TPSA) is 184 Å². The first-order valence-electron chi connectivity index (χ1n) is 21.3. The zero-order chi connectivity index (χ0) is 44.3. The summed E-state index contributed by atoms with van der Waals surface area (Å²) in [6.07, 6.45) is 1.88. The van der Waals surface area contributed by atoms with Crippen molar-refractivity contribution in [3.63, 3.8) is 0 Å². The first kappa shape index (κ1) is 48.9. The molecular formula is C45H67N7O9. The number of unbranched alkanes of at least 4 members (excludes halogenated alkanes) is 1. The van der Waals surface area contributed by atoms with E-state index in [1.165, 1.54) is 0 Å². The predicted molar refractivity (Wildman–Crippen MR) is 233 cm³/mol. The van der Waals surface area contributed by atoms with Gasteiger partial charge >= 0.3 is 6.09 Å². The Kier molecular flexibility index (Phi) is 19.8. The molecule has 0 spiro atoms. The van der Waals surface area contributed by atoms with Crippen LogP contribution in [0.3, 0.4) is 0 Å². The van der Waals surface area contributed by atoms with Crippen LogP contribution in [0.25, 0.3) is 22.5 Å². The fourth-order valence-electron chi connectivity index (χ4n) is 6.83. The first-order valence-corrected chi connectivity index (χ1v) is 21.3. The molecule has 1 unspecified atom stereocenters. The molecule has 61 heavy (non-hydrogen) atoms. The van der Waals surface area contributed by atoms with E-state index in [-0.39, 0.29) is 74.9 Å². The number of fused-ring (bicyclic) bond motifs is 5. The number of carbonyl (C=O) groups excluding carboxylic acids is 4. The second-order valence-electron chi connectivity index (χ2n) is 17.0. The van der Waals surface area contributed by atoms with Gasteiger partial charge in [-0.25, -0.2) is 9.48 Å². The third-order valence-corrected chi connectivity index (χ3v) is 9.79. The lowest BCUT2D eigenvalue weighted by Crippen LogP contribution is -2.50. The number of rotatable bonds is 25. The lowest BCUT2D eigenvalue weighted by atomic mass is 9.84. The fraction of sp³-hybridized carbons (Fsp3) is 0.600. The van der Waals surface area contributed by atoms with E-state index in [1.807, 2.05) is 69.3 Å². The minimum absolute atomic E-state index is 0.0614. The van der Waals surface area contributed by atoms with Crippen molar-refractivity contribution in [1.29, 1.82) is 0 Å². The number of benzene rings is 2. The highest BCUT2D eigenvalue weighted by molar-refractivity contribution is 6.00. The highest BCUT2D eigenvalue weighted by atomic mass is 16.6. The Balaban J connectivity index is 1.28. The molecule has 16 heteroatoms. The lowest BCUT2D eigenvalue weighted by molar-refractivity contribution is -0.129. The maximum atomic E-state index is 13.9. The van der Waals surface area contributed by atoms with Crippen LogP contribution in [0, 0.1) is 5.41 Å². The minimum Gasteiger partial charge on any atom is -0.448 e. The monoisotopic (exact) mass is 850 g/mol. The van der Waals surface area contributed by atoms with Crippen molar-refractivity contribution in [1.82, 2.24) is 30.9 Å². The highest BCUT2D eigenvalue weighted by Gasteiger charge is 2.32. The van der Waals surface area contributed by atoms with Crippen molar-refractivity contribution < 1.29 is 42.9 Å². The smallest absolute Gasteiger partial charge is 0.407 e. The standard InChI is InChI=1S/C45H67N7O9/c1-44(2,3)42(55)36(48-45(4,5)6)17-12-13-21-47-43(56)61-25-23-52-41-34-15-9-8-14-33(34)32-51(37-18-11-10-16-35(37)40(41)49-50-52)39(54)19-22-46-38(53)20-24-58-28-29-60-31-30-59-27-26-57-7/h8-11,14-16,18,36,48H,12-13,17,19-32H2,1-7H3,(H,46,53)(H,47,56). The van der Waals surface area contributed by atoms with Gasteiger partial charge in [0.05, 0.1) is 76.8 Å². The number of anilines is 1. The molecule has 3 amide bonds. The Morgan fingerprint density at radius 2 is 1.41 bits per heavy atom. The van der Waals surface area contributed by atoms with E-state index in [2.05, 4.69) is 47.0 Å². The quantitative estimate of drug-likeness (QED) is 0.0935. The molecule has 4 rings (SSSR count). The highest BCUT2D eigenvalue weighted by Crippen LogP contribution is 2.41. The van der Waals surface area contributed by atoms with E-state index in [0.717, 1.165) is 28.8 Å². The molecule has 3 N–H and O–H groups in total. The summed E-state index contributed by atoms with van der Waals surface area (Å²) in [6.45, 7) is 16.2. The van der Waals surface area contributed by atoms with Gasteiger partial charge in [0.25, 0.3) is 0 Å². The third kappa shape index (κ3) is 16.2. The van der Waals surface area contributed by atoms with Gasteiger partial charge < -0.3 is 44.5 Å². The Morgan fingerprint density at radius 3 is 2.10 bits per heavy atom. The van der Waals surface area contributed by atoms with Crippen molar-refractivity contribution >= 4 is 29.4 Å². The van der Waals surface area contributed by atoms with E-state index < -0.39 is 11.5 Å². The molecule has 0 radical (unpaired) electrons. The summed E-state index contributed by atoms with van der Waals surface area (Å²) in [7, 11) is 1.62. The summed E-state index contributed by atoms with van der Waals surface area (Å²) in [5.41, 5.74) is 3.88. The molecule has 1 atom stereocenters. The number of ether oxygens (including phenoxy) is 5. The van der Waals surface area contributed by atoms with Gasteiger partial charge in [0.1, 0.15) is 12.3 Å². The van der Waals surface area contributed by atoms with Crippen molar-refractivity contribution in [2.24, 2.45) is 5.41 Å². The maximum absolute atomic E-state index is 13.9. The summed E-state index contributed by atoms with van der Waals surface area (Å²) in [6, 6.07) is 15.1. The molecule has 2 heterocycles. The van der Waals surface area contributed by atoms with Crippen LogP contribution in [0.15, 0.2) is 48.5 Å². The molecular weight excluding hydrogens is 783 g/mol. The average molecular weight is 850 g/mol. The molecule has 0 fully saturated rings. The number of carbonyl (C=O) groups is 4. The van der Waals surface area contributed by atoms with Crippen LogP contribution in [0.4, 0.5) is 10.5 Å². The van der Waals surface area contributed by atoms with Crippen LogP contribution in [0.1, 0.15) is 79.2 Å². The molecule has 0 saturated heterocycles. The Hall–Kier alpha value is -4.74. The third-order valence-electron chi connectivity index (χ3n) is 9.79. The van der Waals surface area contributed by atoms with Crippen molar-refractivity contribution in [3.8, 4) is 22.5 Å². The molecule has 1 aliphatic rings. The number of Topliss-reactive ketones (excluding diaryl/α,β-unsaturated/α-hetero) is 1. The number of nitrogens with zero attached hydrogens (tertiary/aromatic N) is 4. The Morgan fingerprint density at radius 1 is 0.754 bits per heavy atom. The van der Waals surface area contributed by atoms with Crippen LogP contribution in [0.5, 0.6) is 0 Å². The van der Waals surface area contributed by atoms with E-state index >= 15 is 0 Å². The van der Waals surface area contributed by atoms with Gasteiger partial charge in [-0.3, -0.25) is 14.4 Å². The van der Waals surface area contributed by atoms with Crippen LogP contribution in [-0.4, -0.2) is 123 Å². The van der Waals surface area contributed by atoms with Crippen LogP contribution in [-0.2, 0) is 51.2 Å². The van der Waals surface area contributed by atoms with Gasteiger partial charge in [0.2, 0.25) is 11.8 Å². The molecule has 0 bridgehead atoms. The Labute approximate surface area is 360 Å². The number of hydrogen-bond donors (Lipinski definition) is 3. The van der Waals surface area contributed by atoms with Gasteiger partial charge in [0, 0.05) is 55.1 Å². The second kappa shape index (κ2) is 24.6. The SMILES string of the molecule is COCCOCCOCCOCCC(=O)NCCC(=O)N1Cc2ccccc2-c2c(nnn2CCOC(=O)NCCCCC(NC(C)(C)C)C(=O)C(C)(C)C)-c2ccccc21. The zero-order valence-corrected chi connectivity index (χ0v) is 37.2. The number of alkyl carbamates (subject to hydrolysis) is 1. The maximum Gasteiger partial charge on any atom is 0.407 e. The summed E-state index contributed by atoms with van der Waals surface area (Å²) in [5, 5.41) is 18.2. The molecule has 0 saturated carbocycles. The number of methoxy groups -OCH3 is 1. The van der Waals surface area contributed by atoms with Crippen molar-refractivity contribution in [2.45, 2.75) is 98.3 Å². The minimum atomic E-state index is -0.528. The van der Waals surface area contributed by atoms with E-state index in [4.69, 9.17) is 23.7 Å². The number of hydrogen-bond acceptors (Lipinski definition) is 12. The van der Waals surface area contributed by atoms with Crippen molar-refractivity contribution in [3.05, 3.63) is 54.1 Å². The lowest BCUT2D eigenvalue weighted by Gasteiger charge is -2.31. The summed E-state index contributed by atoms with van der Waals surface area (Å²) in [4.78, 5) is 53.8. The van der Waals surface area contributed by atoms with Gasteiger partial charge in [-0.05, 0) is 51.7 Å². The van der Waals surface area contributed by atoms with Gasteiger partial charge in [0.15, 0.2) is 5.78 Å². The number of amides is 3. The van der Waals surface area contributed by atoms with Crippen LogP contribution >= 0.6 is 0 Å². The van der Waals surface area contributed by atoms with Crippen LogP contribution < -0.4 is 20.9 Å². The molecule has 16 nitrogen and oxygen atoms in total. The normalized spacial score (nSPS) is 13.0. The largest absolute Gasteiger partial charge is 0.448 e. The van der Waals surface area contributed by atoms with E-state index in [9.17, 15) is 19.2 Å². The van der Waals surface area contributed by atoms with Gasteiger partial charge in [-0.15, -0.1) is 5.10 Å². The fourth-order valence-corrected chi connectivity index (χ4v) is 6.83. The molecule has 1 aliphatic heterocycles. The number of nitrogens with one attached hydrogen (secondary N) is 3. The van der Waals surface area contributed by atoms with Gasteiger partial charge in [-0.1, -0.05) is 68.4 Å². The molecule has 336 valence electrons. The molecule has 2 aromatic carbocycles. The summed E-state index contributed by atoms with van der Waals surface area (Å²) < 4.78 is 28.5. The summed E-state index contributed by atoms with van der Waals surface area (Å²) >= 11 is 0. The zero-order valence-electron chi connectivity index (χ0n) is 37.2. The number of para-hydroxylation sites is 1. The van der Waals surface area contributed by atoms with Crippen LogP contribution in [0.2, 0.25) is 0 Å². The van der Waals surface area contributed by atoms with E-state index in [0.29, 0.717) is 70.4 Å². The second-order valence-corrected chi connectivity index (χ2v) is 17.0. The molecule has 3 aromatic rings. The average Bonchev–Trinajstić information content (AvgIpc) is 3.62. The molecule has 1 aromatic heterocycles. The van der Waals surface area contributed by atoms with Gasteiger partial charge in [-0.2, -0.15) is 0 Å². The molecule has 0 aliphatic carbocycles. The van der Waals surface area contributed by atoms with Crippen molar-refractivity contribution in [2.75, 3.05) is 78.0 Å². The number of ketones is 1. The number of aromatic nitrogens is 3. The summed E-state index contributed by atoms with van der Waals surface area (Å²) in [5.74, 6) is -0.179. The Bertz CT molecular complexity index is 1850. The van der Waals surface area contributed by atoms with E-state index in [1.54, 1.807) is 16.7 Å².